The number of nitrogens with zero attached hydrogens (tertiary/aromatic N) is 1. The van der Waals surface area contributed by atoms with E-state index in [4.69, 9.17) is 33.7 Å². The number of anilines is 1. The van der Waals surface area contributed by atoms with Gasteiger partial charge in [-0.05, 0) is 66.0 Å². The average molecular weight is 531 g/mol. The number of nitrogens with one attached hydrogen (secondary N) is 1. The van der Waals surface area contributed by atoms with Gasteiger partial charge in [0, 0.05) is 59.4 Å². The second kappa shape index (κ2) is 9.83. The number of nitrogens with two attached hydrogens (primary N) is 1. The summed E-state index contributed by atoms with van der Waals surface area (Å²) < 4.78 is 5.65. The Morgan fingerprint density at radius 2 is 1.86 bits per heavy atom. The van der Waals surface area contributed by atoms with E-state index in [2.05, 4.69) is 43.1 Å². The number of carbonyl (C=O) groups is 1. The third-order valence-corrected chi connectivity index (χ3v) is 8.86. The van der Waals surface area contributed by atoms with E-state index in [9.17, 15) is 4.79 Å². The van der Waals surface area contributed by atoms with Gasteiger partial charge in [-0.3, -0.25) is 9.69 Å². The zero-order valence-electron chi connectivity index (χ0n) is 21.4. The number of primary amides is 1. The normalized spacial score (nSPS) is 28.9. The Morgan fingerprint density at radius 3 is 2.53 bits per heavy atom. The smallest absolute Gasteiger partial charge is 0.235 e. The molecule has 0 bridgehead atoms. The van der Waals surface area contributed by atoms with Crippen molar-refractivity contribution < 1.29 is 9.53 Å². The van der Waals surface area contributed by atoms with E-state index >= 15 is 0 Å². The lowest BCUT2D eigenvalue weighted by molar-refractivity contribution is -0.123. The predicted molar refractivity (Wildman–Crippen MR) is 147 cm³/mol. The molecule has 0 aromatic heterocycles. The van der Waals surface area contributed by atoms with E-state index in [0.29, 0.717) is 22.5 Å². The molecule has 2 aromatic carbocycles. The highest BCUT2D eigenvalue weighted by Gasteiger charge is 2.64. The van der Waals surface area contributed by atoms with Crippen LogP contribution < -0.4 is 11.1 Å². The number of rotatable bonds is 5. The number of hydrogen-bond acceptors (Lipinski definition) is 4. The Labute approximate surface area is 224 Å². The lowest BCUT2D eigenvalue weighted by atomic mass is 9.63. The monoisotopic (exact) mass is 529 g/mol. The van der Waals surface area contributed by atoms with E-state index < -0.39 is 6.04 Å². The molecule has 4 atom stereocenters. The Bertz CT molecular complexity index is 1130. The quantitative estimate of drug-likeness (QED) is 0.510. The average Bonchev–Trinajstić information content (AvgIpc) is 3.30. The molecule has 2 fully saturated rings. The molecule has 3 N–H and O–H groups in total. The summed E-state index contributed by atoms with van der Waals surface area (Å²) in [5, 5.41) is 5.04. The second-order valence-corrected chi connectivity index (χ2v) is 12.9. The van der Waals surface area contributed by atoms with Crippen molar-refractivity contribution in [2.45, 2.75) is 63.5 Å². The molecular formula is C29H37Cl2N3O2. The molecule has 5 rings (SSSR count). The molecule has 0 aliphatic carbocycles. The summed E-state index contributed by atoms with van der Waals surface area (Å²) in [7, 11) is 0. The molecule has 0 unspecified atom stereocenters. The van der Waals surface area contributed by atoms with Gasteiger partial charge in [0.25, 0.3) is 0 Å². The first-order chi connectivity index (χ1) is 17.1. The van der Waals surface area contributed by atoms with Gasteiger partial charge in [0.2, 0.25) is 5.91 Å². The van der Waals surface area contributed by atoms with Gasteiger partial charge >= 0.3 is 0 Å². The van der Waals surface area contributed by atoms with Gasteiger partial charge in [-0.15, -0.1) is 0 Å². The molecule has 0 radical (unpaired) electrons. The maximum absolute atomic E-state index is 13.4. The van der Waals surface area contributed by atoms with Gasteiger partial charge in [0.05, 0.1) is 6.04 Å². The SMILES string of the molecule is CC(C)(C)C[C@@H]1N(CC2CCOCC2)[C@@H](C(N)=O)[C@H](c2cccc(Cl)c2)[C@]12CNc1cc(Cl)ccc12. The molecule has 36 heavy (non-hydrogen) atoms. The van der Waals surface area contributed by atoms with Crippen LogP contribution in [0, 0.1) is 11.3 Å². The van der Waals surface area contributed by atoms with Gasteiger partial charge in [-0.25, -0.2) is 0 Å². The molecule has 7 heteroatoms. The van der Waals surface area contributed by atoms with Crippen molar-refractivity contribution in [1.82, 2.24) is 4.90 Å². The van der Waals surface area contributed by atoms with Gasteiger partial charge in [0.1, 0.15) is 0 Å². The summed E-state index contributed by atoms with van der Waals surface area (Å²) in [6.07, 6.45) is 2.94. The first kappa shape index (κ1) is 25.8. The molecule has 1 amide bonds. The maximum Gasteiger partial charge on any atom is 0.235 e. The molecule has 2 aromatic rings. The van der Waals surface area contributed by atoms with Crippen LogP contribution in [0.3, 0.4) is 0 Å². The lowest BCUT2D eigenvalue weighted by Gasteiger charge is -2.42. The highest BCUT2D eigenvalue weighted by Crippen LogP contribution is 2.59. The minimum atomic E-state index is -0.443. The fourth-order valence-corrected chi connectivity index (χ4v) is 7.38. The summed E-state index contributed by atoms with van der Waals surface area (Å²) in [5.41, 5.74) is 9.31. The van der Waals surface area contributed by atoms with Crippen molar-refractivity contribution in [2.24, 2.45) is 17.1 Å². The molecule has 3 heterocycles. The minimum absolute atomic E-state index is 0.0478. The number of carbonyl (C=O) groups excluding carboxylic acids is 1. The topological polar surface area (TPSA) is 67.6 Å². The van der Waals surface area contributed by atoms with E-state index in [1.165, 1.54) is 5.56 Å². The third kappa shape index (κ3) is 4.64. The van der Waals surface area contributed by atoms with Crippen molar-refractivity contribution in [2.75, 3.05) is 31.6 Å². The van der Waals surface area contributed by atoms with E-state index in [1.807, 2.05) is 30.3 Å². The van der Waals surface area contributed by atoms with Crippen LogP contribution in [0.15, 0.2) is 42.5 Å². The van der Waals surface area contributed by atoms with Crippen molar-refractivity contribution in [3.05, 3.63) is 63.6 Å². The number of ether oxygens (including phenoxy) is 1. The lowest BCUT2D eigenvalue weighted by Crippen LogP contribution is -2.50. The maximum atomic E-state index is 13.4. The van der Waals surface area contributed by atoms with Crippen molar-refractivity contribution in [3.8, 4) is 0 Å². The number of fused-ring (bicyclic) bond motifs is 2. The summed E-state index contributed by atoms with van der Waals surface area (Å²) in [4.78, 5) is 15.9. The molecule has 5 nitrogen and oxygen atoms in total. The summed E-state index contributed by atoms with van der Waals surface area (Å²) in [5.74, 6) is 0.0540. The van der Waals surface area contributed by atoms with Crippen LogP contribution in [-0.4, -0.2) is 49.2 Å². The van der Waals surface area contributed by atoms with Gasteiger partial charge in [-0.2, -0.15) is 0 Å². The zero-order valence-corrected chi connectivity index (χ0v) is 22.9. The van der Waals surface area contributed by atoms with Crippen LogP contribution in [-0.2, 0) is 14.9 Å². The summed E-state index contributed by atoms with van der Waals surface area (Å²) in [6, 6.07) is 13.8. The molecule has 2 saturated heterocycles. The zero-order chi connectivity index (χ0) is 25.7. The van der Waals surface area contributed by atoms with E-state index in [0.717, 1.165) is 50.3 Å². The number of likely N-dealkylation sites (tertiary alicyclic amines) is 1. The number of halogens is 2. The van der Waals surface area contributed by atoms with Crippen LogP contribution in [0.4, 0.5) is 5.69 Å². The van der Waals surface area contributed by atoms with Crippen LogP contribution in [0.1, 0.15) is 57.1 Å². The highest BCUT2D eigenvalue weighted by atomic mass is 35.5. The van der Waals surface area contributed by atoms with E-state index in [1.54, 1.807) is 0 Å². The fraction of sp³-hybridized carbons (Fsp3) is 0.552. The summed E-state index contributed by atoms with van der Waals surface area (Å²) >= 11 is 12.9. The fourth-order valence-electron chi connectivity index (χ4n) is 7.01. The predicted octanol–water partition coefficient (Wildman–Crippen LogP) is 5.84. The number of amides is 1. The largest absolute Gasteiger partial charge is 0.384 e. The van der Waals surface area contributed by atoms with Crippen molar-refractivity contribution in [1.29, 1.82) is 0 Å². The standard InChI is InChI=1S/C29H37Cl2N3O2/c1-28(2,3)15-24-29(17-33-23-14-21(31)7-8-22(23)29)25(19-5-4-6-20(30)13-19)26(27(32)35)34(24)16-18-9-11-36-12-10-18/h4-8,13-14,18,24-26,33H,9-12,15-17H2,1-3H3,(H2,32,35)/t24-,25-,26+,29-/m0/s1. The van der Waals surface area contributed by atoms with Crippen molar-refractivity contribution >= 4 is 34.8 Å². The second-order valence-electron chi connectivity index (χ2n) is 12.0. The molecule has 3 aliphatic rings. The van der Waals surface area contributed by atoms with Crippen LogP contribution >= 0.6 is 23.2 Å². The summed E-state index contributed by atoms with van der Waals surface area (Å²) in [6.45, 7) is 9.94. The molecule has 0 saturated carbocycles. The van der Waals surface area contributed by atoms with Gasteiger partial charge < -0.3 is 15.8 Å². The first-order valence-corrected chi connectivity index (χ1v) is 13.8. The molecular weight excluding hydrogens is 493 g/mol. The van der Waals surface area contributed by atoms with E-state index in [-0.39, 0.29) is 28.7 Å². The Hall–Kier alpha value is -1.79. The van der Waals surface area contributed by atoms with Gasteiger partial charge in [0.15, 0.2) is 0 Å². The van der Waals surface area contributed by atoms with Gasteiger partial charge in [-0.1, -0.05) is 62.2 Å². The highest BCUT2D eigenvalue weighted by molar-refractivity contribution is 6.31. The minimum Gasteiger partial charge on any atom is -0.384 e. The molecule has 1 spiro atoms. The number of hydrogen-bond donors (Lipinski definition) is 2. The van der Waals surface area contributed by atoms with Crippen molar-refractivity contribution in [3.63, 3.8) is 0 Å². The Morgan fingerprint density at radius 1 is 1.14 bits per heavy atom. The van der Waals surface area contributed by atoms with Crippen LogP contribution in [0.5, 0.6) is 0 Å². The Balaban J connectivity index is 1.73. The third-order valence-electron chi connectivity index (χ3n) is 8.39. The first-order valence-electron chi connectivity index (χ1n) is 13.0. The molecule has 3 aliphatic heterocycles. The Kier molecular flexibility index (Phi) is 7.05. The van der Waals surface area contributed by atoms with Crippen LogP contribution in [0.25, 0.3) is 0 Å². The number of benzene rings is 2. The van der Waals surface area contributed by atoms with Crippen LogP contribution in [0.2, 0.25) is 10.0 Å². The molecule has 194 valence electrons.